The minimum absolute atomic E-state index is 0.149. The molecule has 1 heterocycles. The molecular weight excluding hydrogens is 364 g/mol. The Hall–Kier alpha value is -3.19. The van der Waals surface area contributed by atoms with Crippen LogP contribution in [0.5, 0.6) is 0 Å². The largest absolute Gasteiger partial charge is 0.381 e. The van der Waals surface area contributed by atoms with E-state index in [0.717, 1.165) is 16.7 Å². The maximum Gasteiger partial charge on any atom is 0.241 e. The van der Waals surface area contributed by atoms with E-state index < -0.39 is 11.6 Å². The average Bonchev–Trinajstić information content (AvgIpc) is 2.79. The van der Waals surface area contributed by atoms with Crippen molar-refractivity contribution in [3.63, 3.8) is 0 Å². The molecular formula is C23H24N4O2. The van der Waals surface area contributed by atoms with E-state index in [2.05, 4.69) is 22.8 Å². The van der Waals surface area contributed by atoms with Crippen LogP contribution in [0.3, 0.4) is 0 Å². The van der Waals surface area contributed by atoms with E-state index in [4.69, 9.17) is 10.00 Å². The van der Waals surface area contributed by atoms with Crippen LogP contribution in [-0.4, -0.2) is 37.7 Å². The smallest absolute Gasteiger partial charge is 0.241 e. The third kappa shape index (κ3) is 4.81. The fourth-order valence-electron chi connectivity index (χ4n) is 3.54. The van der Waals surface area contributed by atoms with Gasteiger partial charge in [-0.05, 0) is 48.7 Å². The van der Waals surface area contributed by atoms with Gasteiger partial charge in [0, 0.05) is 19.6 Å². The van der Waals surface area contributed by atoms with E-state index in [1.54, 1.807) is 19.2 Å². The lowest BCUT2D eigenvalue weighted by atomic mass is 9.88. The third-order valence-electron chi connectivity index (χ3n) is 5.46. The maximum atomic E-state index is 12.8. The fourth-order valence-corrected chi connectivity index (χ4v) is 3.54. The summed E-state index contributed by atoms with van der Waals surface area (Å²) in [6.45, 7) is 1.06. The van der Waals surface area contributed by atoms with Gasteiger partial charge in [-0.2, -0.15) is 10.5 Å². The number of amides is 1. The molecule has 3 rings (SSSR count). The lowest BCUT2D eigenvalue weighted by Crippen LogP contribution is -2.60. The van der Waals surface area contributed by atoms with E-state index in [9.17, 15) is 10.1 Å². The highest BCUT2D eigenvalue weighted by Gasteiger charge is 2.39. The molecule has 0 aliphatic carbocycles. The predicted molar refractivity (Wildman–Crippen MR) is 110 cm³/mol. The average molecular weight is 388 g/mol. The second-order valence-electron chi connectivity index (χ2n) is 7.19. The summed E-state index contributed by atoms with van der Waals surface area (Å²) >= 11 is 0. The summed E-state index contributed by atoms with van der Waals surface area (Å²) in [5, 5.41) is 24.5. The summed E-state index contributed by atoms with van der Waals surface area (Å²) in [6, 6.07) is 19.0. The van der Waals surface area contributed by atoms with Gasteiger partial charge < -0.3 is 15.4 Å². The first-order valence-corrected chi connectivity index (χ1v) is 9.67. The van der Waals surface area contributed by atoms with Crippen molar-refractivity contribution in [2.75, 3.05) is 20.3 Å². The highest BCUT2D eigenvalue weighted by atomic mass is 16.5. The standard InChI is InChI=1S/C23H24N4O2/c1-26-23(10-12-29-13-11-23)22(28)27-21(16-25)14-17-2-6-19(7-3-17)20-8-4-18(15-24)5-9-20/h2-9,21,26H,10-14H2,1H3,(H,27,28)/t21-/m0/s1. The Labute approximate surface area is 171 Å². The number of nitrogens with one attached hydrogen (secondary N) is 2. The molecule has 1 aliphatic heterocycles. The Morgan fingerprint density at radius 2 is 1.66 bits per heavy atom. The number of likely N-dealkylation sites (N-methyl/N-ethyl adjacent to an activating group) is 1. The molecule has 1 atom stereocenters. The molecule has 1 amide bonds. The second kappa shape index (κ2) is 9.34. The number of rotatable bonds is 6. The van der Waals surface area contributed by atoms with Gasteiger partial charge in [0.2, 0.25) is 5.91 Å². The Bertz CT molecular complexity index is 917. The minimum Gasteiger partial charge on any atom is -0.381 e. The molecule has 0 bridgehead atoms. The van der Waals surface area contributed by atoms with Crippen molar-refractivity contribution < 1.29 is 9.53 Å². The molecule has 0 aromatic heterocycles. The van der Waals surface area contributed by atoms with Crippen molar-refractivity contribution in [3.8, 4) is 23.3 Å². The molecule has 1 fully saturated rings. The highest BCUT2D eigenvalue weighted by molar-refractivity contribution is 5.87. The van der Waals surface area contributed by atoms with Crippen LogP contribution in [0.2, 0.25) is 0 Å². The van der Waals surface area contributed by atoms with Crippen molar-refractivity contribution in [2.24, 2.45) is 0 Å². The van der Waals surface area contributed by atoms with Gasteiger partial charge in [-0.25, -0.2) is 0 Å². The molecule has 148 valence electrons. The molecule has 6 nitrogen and oxygen atoms in total. The number of carbonyl (C=O) groups is 1. The van der Waals surface area contributed by atoms with E-state index >= 15 is 0 Å². The normalized spacial score (nSPS) is 16.2. The Morgan fingerprint density at radius 1 is 1.07 bits per heavy atom. The van der Waals surface area contributed by atoms with Gasteiger partial charge in [0.25, 0.3) is 0 Å². The summed E-state index contributed by atoms with van der Waals surface area (Å²) in [6.07, 6.45) is 1.62. The van der Waals surface area contributed by atoms with Crippen molar-refractivity contribution >= 4 is 5.91 Å². The van der Waals surface area contributed by atoms with Crippen molar-refractivity contribution in [1.29, 1.82) is 10.5 Å². The lowest BCUT2D eigenvalue weighted by Gasteiger charge is -2.36. The number of benzene rings is 2. The Morgan fingerprint density at radius 3 is 2.17 bits per heavy atom. The molecule has 1 saturated heterocycles. The zero-order chi connectivity index (χ0) is 20.7. The third-order valence-corrected chi connectivity index (χ3v) is 5.46. The van der Waals surface area contributed by atoms with Crippen LogP contribution in [0.1, 0.15) is 24.0 Å². The molecule has 2 aromatic rings. The van der Waals surface area contributed by atoms with Crippen molar-refractivity contribution in [2.45, 2.75) is 30.8 Å². The number of carbonyl (C=O) groups excluding carboxylic acids is 1. The van der Waals surface area contributed by atoms with Gasteiger partial charge >= 0.3 is 0 Å². The highest BCUT2D eigenvalue weighted by Crippen LogP contribution is 2.22. The second-order valence-corrected chi connectivity index (χ2v) is 7.19. The first-order valence-electron chi connectivity index (χ1n) is 9.67. The van der Waals surface area contributed by atoms with Crippen LogP contribution in [0, 0.1) is 22.7 Å². The van der Waals surface area contributed by atoms with Crippen molar-refractivity contribution in [3.05, 3.63) is 59.7 Å². The number of hydrogen-bond donors (Lipinski definition) is 2. The van der Waals surface area contributed by atoms with Crippen LogP contribution in [0.25, 0.3) is 11.1 Å². The van der Waals surface area contributed by atoms with Crippen LogP contribution >= 0.6 is 0 Å². The van der Waals surface area contributed by atoms with Gasteiger partial charge in [-0.3, -0.25) is 4.79 Å². The van der Waals surface area contributed by atoms with Crippen LogP contribution in [-0.2, 0) is 16.0 Å². The SMILES string of the molecule is CNC1(C(=O)N[C@H](C#N)Cc2ccc(-c3ccc(C#N)cc3)cc2)CCOCC1. The first-order chi connectivity index (χ1) is 14.1. The Balaban J connectivity index is 1.65. The van der Waals surface area contributed by atoms with Gasteiger partial charge in [0.1, 0.15) is 11.6 Å². The molecule has 0 unspecified atom stereocenters. The monoisotopic (exact) mass is 388 g/mol. The maximum absolute atomic E-state index is 12.8. The number of nitriles is 2. The summed E-state index contributed by atoms with van der Waals surface area (Å²) in [5.41, 5.74) is 2.98. The van der Waals surface area contributed by atoms with Gasteiger partial charge in [0.15, 0.2) is 0 Å². The van der Waals surface area contributed by atoms with Crippen LogP contribution in [0.4, 0.5) is 0 Å². The molecule has 2 aromatic carbocycles. The molecule has 0 spiro atoms. The molecule has 29 heavy (non-hydrogen) atoms. The zero-order valence-corrected chi connectivity index (χ0v) is 16.4. The van der Waals surface area contributed by atoms with E-state index in [1.807, 2.05) is 36.4 Å². The minimum atomic E-state index is -0.674. The Kier molecular flexibility index (Phi) is 6.61. The van der Waals surface area contributed by atoms with Gasteiger partial charge in [0.05, 0.1) is 17.7 Å². The molecule has 6 heteroatoms. The summed E-state index contributed by atoms with van der Waals surface area (Å²) in [7, 11) is 1.77. The molecule has 1 aliphatic rings. The van der Waals surface area contributed by atoms with Crippen molar-refractivity contribution in [1.82, 2.24) is 10.6 Å². The van der Waals surface area contributed by atoms with Gasteiger partial charge in [-0.15, -0.1) is 0 Å². The quantitative estimate of drug-likeness (QED) is 0.792. The van der Waals surface area contributed by atoms with E-state index in [0.29, 0.717) is 38.0 Å². The fraction of sp³-hybridized carbons (Fsp3) is 0.348. The summed E-state index contributed by atoms with van der Waals surface area (Å²) in [5.74, 6) is -0.149. The van der Waals surface area contributed by atoms with Crippen LogP contribution < -0.4 is 10.6 Å². The number of nitrogens with zero attached hydrogens (tertiary/aromatic N) is 2. The van der Waals surface area contributed by atoms with E-state index in [-0.39, 0.29) is 5.91 Å². The predicted octanol–water partition coefficient (Wildman–Crippen LogP) is 2.54. The first kappa shape index (κ1) is 20.5. The summed E-state index contributed by atoms with van der Waals surface area (Å²) in [4.78, 5) is 12.8. The van der Waals surface area contributed by atoms with Crippen LogP contribution in [0.15, 0.2) is 48.5 Å². The lowest BCUT2D eigenvalue weighted by molar-refractivity contribution is -0.131. The zero-order valence-electron chi connectivity index (χ0n) is 16.4. The molecule has 2 N–H and O–H groups in total. The topological polar surface area (TPSA) is 97.9 Å². The number of hydrogen-bond acceptors (Lipinski definition) is 5. The number of ether oxygens (including phenoxy) is 1. The van der Waals surface area contributed by atoms with E-state index in [1.165, 1.54) is 0 Å². The van der Waals surface area contributed by atoms with Gasteiger partial charge in [-0.1, -0.05) is 36.4 Å². The summed E-state index contributed by atoms with van der Waals surface area (Å²) < 4.78 is 5.36. The molecule has 0 radical (unpaired) electrons. The molecule has 0 saturated carbocycles.